The van der Waals surface area contributed by atoms with Crippen molar-refractivity contribution in [2.75, 3.05) is 13.1 Å². The zero-order valence-electron chi connectivity index (χ0n) is 7.14. The third-order valence-corrected chi connectivity index (χ3v) is 2.74. The lowest BCUT2D eigenvalue weighted by atomic mass is 10.1. The molecule has 1 aliphatic heterocycles. The SMILES string of the molecule is O=CN1CC=C(c2cscn2)CC1. The third-order valence-electron chi connectivity index (χ3n) is 2.15. The average Bonchev–Trinajstić information content (AvgIpc) is 2.71. The number of hydrogen-bond acceptors (Lipinski definition) is 3. The summed E-state index contributed by atoms with van der Waals surface area (Å²) in [6.45, 7) is 1.53. The molecular formula is C9H10N2OS. The zero-order chi connectivity index (χ0) is 9.10. The first-order chi connectivity index (χ1) is 6.40. The van der Waals surface area contributed by atoms with Crippen LogP contribution in [0.4, 0.5) is 0 Å². The van der Waals surface area contributed by atoms with E-state index in [-0.39, 0.29) is 0 Å². The second-order valence-corrected chi connectivity index (χ2v) is 3.67. The van der Waals surface area contributed by atoms with E-state index in [0.29, 0.717) is 0 Å². The Labute approximate surface area is 80.7 Å². The largest absolute Gasteiger partial charge is 0.341 e. The van der Waals surface area contributed by atoms with Gasteiger partial charge in [-0.25, -0.2) is 4.98 Å². The summed E-state index contributed by atoms with van der Waals surface area (Å²) in [7, 11) is 0. The highest BCUT2D eigenvalue weighted by Gasteiger charge is 2.11. The summed E-state index contributed by atoms with van der Waals surface area (Å²) in [5, 5.41) is 2.04. The molecule has 1 aliphatic rings. The molecular weight excluding hydrogens is 184 g/mol. The van der Waals surface area contributed by atoms with Crippen molar-refractivity contribution < 1.29 is 4.79 Å². The second kappa shape index (κ2) is 3.70. The zero-order valence-corrected chi connectivity index (χ0v) is 7.96. The van der Waals surface area contributed by atoms with E-state index >= 15 is 0 Å². The Bertz CT molecular complexity index is 318. The topological polar surface area (TPSA) is 33.2 Å². The predicted octanol–water partition coefficient (Wildman–Crippen LogP) is 1.39. The van der Waals surface area contributed by atoms with Gasteiger partial charge in [0.1, 0.15) is 0 Å². The minimum absolute atomic E-state index is 0.719. The Morgan fingerprint density at radius 2 is 2.54 bits per heavy atom. The number of hydrogen-bond donors (Lipinski definition) is 0. The maximum absolute atomic E-state index is 10.4. The fraction of sp³-hybridized carbons (Fsp3) is 0.333. The van der Waals surface area contributed by atoms with Crippen LogP contribution in [0.1, 0.15) is 12.1 Å². The molecule has 0 spiro atoms. The second-order valence-electron chi connectivity index (χ2n) is 2.95. The molecule has 3 nitrogen and oxygen atoms in total. The van der Waals surface area contributed by atoms with Gasteiger partial charge < -0.3 is 4.90 Å². The van der Waals surface area contributed by atoms with Crippen LogP contribution in [0.2, 0.25) is 0 Å². The molecule has 0 fully saturated rings. The van der Waals surface area contributed by atoms with Gasteiger partial charge in [-0.1, -0.05) is 6.08 Å². The molecule has 1 amide bonds. The maximum atomic E-state index is 10.4. The van der Waals surface area contributed by atoms with Crippen LogP contribution in [0.3, 0.4) is 0 Å². The normalized spacial score (nSPS) is 16.9. The monoisotopic (exact) mass is 194 g/mol. The maximum Gasteiger partial charge on any atom is 0.209 e. The van der Waals surface area contributed by atoms with E-state index in [4.69, 9.17) is 0 Å². The fourth-order valence-electron chi connectivity index (χ4n) is 1.38. The van der Waals surface area contributed by atoms with Crippen LogP contribution in [-0.4, -0.2) is 29.4 Å². The van der Waals surface area contributed by atoms with E-state index in [9.17, 15) is 4.79 Å². The van der Waals surface area contributed by atoms with Crippen molar-refractivity contribution >= 4 is 23.3 Å². The van der Waals surface area contributed by atoms with E-state index in [1.54, 1.807) is 16.2 Å². The van der Waals surface area contributed by atoms with Crippen molar-refractivity contribution in [1.29, 1.82) is 0 Å². The Hall–Kier alpha value is -1.16. The molecule has 2 heterocycles. The highest BCUT2D eigenvalue weighted by atomic mass is 32.1. The number of nitrogens with zero attached hydrogens (tertiary/aromatic N) is 2. The fourth-order valence-corrected chi connectivity index (χ4v) is 1.96. The number of amides is 1. The Morgan fingerprint density at radius 1 is 1.62 bits per heavy atom. The molecule has 0 radical (unpaired) electrons. The lowest BCUT2D eigenvalue weighted by Crippen LogP contribution is -2.26. The lowest BCUT2D eigenvalue weighted by molar-refractivity contribution is -0.117. The summed E-state index contributed by atoms with van der Waals surface area (Å²) in [6.07, 6.45) is 3.89. The van der Waals surface area contributed by atoms with Crippen LogP contribution in [0.15, 0.2) is 17.0 Å². The third kappa shape index (κ3) is 1.78. The van der Waals surface area contributed by atoms with Gasteiger partial charge in [-0.2, -0.15) is 0 Å². The Kier molecular flexibility index (Phi) is 2.40. The lowest BCUT2D eigenvalue weighted by Gasteiger charge is -2.21. The van der Waals surface area contributed by atoms with Crippen LogP contribution in [0, 0.1) is 0 Å². The molecule has 4 heteroatoms. The number of aromatic nitrogens is 1. The minimum atomic E-state index is 0.719. The molecule has 0 saturated heterocycles. The molecule has 68 valence electrons. The summed E-state index contributed by atoms with van der Waals surface area (Å²) in [6, 6.07) is 0. The number of rotatable bonds is 2. The Morgan fingerprint density at radius 3 is 3.08 bits per heavy atom. The summed E-state index contributed by atoms with van der Waals surface area (Å²) < 4.78 is 0. The van der Waals surface area contributed by atoms with Gasteiger partial charge in [-0.15, -0.1) is 11.3 Å². The molecule has 1 aromatic rings. The number of carbonyl (C=O) groups is 1. The Balaban J connectivity index is 2.11. The van der Waals surface area contributed by atoms with Gasteiger partial charge in [0.25, 0.3) is 0 Å². The van der Waals surface area contributed by atoms with E-state index in [1.807, 2.05) is 10.9 Å². The predicted molar refractivity (Wildman–Crippen MR) is 52.3 cm³/mol. The first-order valence-corrected chi connectivity index (χ1v) is 5.11. The summed E-state index contributed by atoms with van der Waals surface area (Å²) >= 11 is 1.60. The summed E-state index contributed by atoms with van der Waals surface area (Å²) in [4.78, 5) is 16.4. The van der Waals surface area contributed by atoms with Crippen molar-refractivity contribution in [2.24, 2.45) is 0 Å². The van der Waals surface area contributed by atoms with Crippen LogP contribution in [0.5, 0.6) is 0 Å². The molecule has 0 bridgehead atoms. The summed E-state index contributed by atoms with van der Waals surface area (Å²) in [5.74, 6) is 0. The minimum Gasteiger partial charge on any atom is -0.341 e. The van der Waals surface area contributed by atoms with Crippen LogP contribution in [0.25, 0.3) is 5.57 Å². The van der Waals surface area contributed by atoms with Crippen molar-refractivity contribution in [1.82, 2.24) is 9.88 Å². The van der Waals surface area contributed by atoms with Gasteiger partial charge in [0.15, 0.2) is 0 Å². The van der Waals surface area contributed by atoms with Gasteiger partial charge in [0, 0.05) is 18.5 Å². The van der Waals surface area contributed by atoms with Gasteiger partial charge in [0.05, 0.1) is 11.2 Å². The van der Waals surface area contributed by atoms with Crippen molar-refractivity contribution in [3.63, 3.8) is 0 Å². The molecule has 0 aliphatic carbocycles. The van der Waals surface area contributed by atoms with Crippen LogP contribution in [-0.2, 0) is 4.79 Å². The van der Waals surface area contributed by atoms with E-state index in [0.717, 1.165) is 31.6 Å². The highest BCUT2D eigenvalue weighted by molar-refractivity contribution is 7.07. The molecule has 0 unspecified atom stereocenters. The highest BCUT2D eigenvalue weighted by Crippen LogP contribution is 2.21. The smallest absolute Gasteiger partial charge is 0.209 e. The van der Waals surface area contributed by atoms with Crippen LogP contribution < -0.4 is 0 Å². The van der Waals surface area contributed by atoms with E-state index in [1.165, 1.54) is 5.57 Å². The first-order valence-electron chi connectivity index (χ1n) is 4.17. The summed E-state index contributed by atoms with van der Waals surface area (Å²) in [5.41, 5.74) is 4.16. The standard InChI is InChI=1S/C9H10N2OS/c12-7-11-3-1-8(2-4-11)9-5-13-6-10-9/h1,5-7H,2-4H2. The first kappa shape index (κ1) is 8.44. The molecule has 0 atom stereocenters. The molecule has 13 heavy (non-hydrogen) atoms. The average molecular weight is 194 g/mol. The van der Waals surface area contributed by atoms with E-state index in [2.05, 4.69) is 11.1 Å². The number of thiazole rings is 1. The molecule has 0 N–H and O–H groups in total. The van der Waals surface area contributed by atoms with Crippen LogP contribution >= 0.6 is 11.3 Å². The van der Waals surface area contributed by atoms with Crippen molar-refractivity contribution in [2.45, 2.75) is 6.42 Å². The molecule has 1 aromatic heterocycles. The van der Waals surface area contributed by atoms with Crippen molar-refractivity contribution in [3.05, 3.63) is 22.7 Å². The quantitative estimate of drug-likeness (QED) is 0.666. The molecule has 0 saturated carbocycles. The van der Waals surface area contributed by atoms with Crippen molar-refractivity contribution in [3.8, 4) is 0 Å². The van der Waals surface area contributed by atoms with Gasteiger partial charge >= 0.3 is 0 Å². The van der Waals surface area contributed by atoms with Gasteiger partial charge in [0.2, 0.25) is 6.41 Å². The number of carbonyl (C=O) groups excluding carboxylic acids is 1. The molecule has 2 rings (SSSR count). The molecule has 0 aromatic carbocycles. The van der Waals surface area contributed by atoms with Gasteiger partial charge in [-0.05, 0) is 12.0 Å². The van der Waals surface area contributed by atoms with E-state index < -0.39 is 0 Å². The van der Waals surface area contributed by atoms with Gasteiger partial charge in [-0.3, -0.25) is 4.79 Å².